The van der Waals surface area contributed by atoms with Gasteiger partial charge in [-0.25, -0.2) is 4.79 Å². The van der Waals surface area contributed by atoms with Gasteiger partial charge in [0, 0.05) is 27.2 Å². The van der Waals surface area contributed by atoms with Crippen molar-refractivity contribution >= 4 is 11.9 Å². The van der Waals surface area contributed by atoms with Gasteiger partial charge in [0.15, 0.2) is 11.5 Å². The van der Waals surface area contributed by atoms with Crippen LogP contribution in [-0.2, 0) is 17.9 Å². The molecular weight excluding hydrogens is 386 g/mol. The first kappa shape index (κ1) is 21.5. The molecule has 162 valence electrons. The number of rotatable bonds is 8. The fourth-order valence-corrected chi connectivity index (χ4v) is 3.31. The highest BCUT2D eigenvalue weighted by atomic mass is 16.7. The van der Waals surface area contributed by atoms with Crippen LogP contribution in [0, 0.1) is 6.92 Å². The zero-order chi connectivity index (χ0) is 21.7. The number of nitrogens with zero attached hydrogens (tertiary/aromatic N) is 3. The van der Waals surface area contributed by atoms with Crippen molar-refractivity contribution in [1.82, 2.24) is 14.7 Å². The zero-order valence-electron chi connectivity index (χ0n) is 18.0. The summed E-state index contributed by atoms with van der Waals surface area (Å²) in [6.07, 6.45) is 0.770. The van der Waals surface area contributed by atoms with Gasteiger partial charge in [-0.15, -0.1) is 0 Å². The molecule has 3 rings (SSSR count). The van der Waals surface area contributed by atoms with Crippen LogP contribution >= 0.6 is 0 Å². The second kappa shape index (κ2) is 9.56. The summed E-state index contributed by atoms with van der Waals surface area (Å²) in [7, 11) is 3.37. The fourth-order valence-electron chi connectivity index (χ4n) is 3.31. The van der Waals surface area contributed by atoms with E-state index in [2.05, 4.69) is 0 Å². The minimum absolute atomic E-state index is 0.00902. The summed E-state index contributed by atoms with van der Waals surface area (Å²) >= 11 is 0. The van der Waals surface area contributed by atoms with Gasteiger partial charge in [-0.2, -0.15) is 0 Å². The number of carbonyl (C=O) groups excluding carboxylic acids is 2. The molecule has 8 heteroatoms. The Morgan fingerprint density at radius 2 is 1.77 bits per heavy atom. The van der Waals surface area contributed by atoms with Gasteiger partial charge in [0.2, 0.25) is 12.7 Å². The monoisotopic (exact) mass is 415 g/mol. The molecule has 2 heterocycles. The molecule has 0 fully saturated rings. The molecule has 0 N–H and O–H groups in total. The molecule has 30 heavy (non-hydrogen) atoms. The first-order chi connectivity index (χ1) is 14.4. The third-order valence-electron chi connectivity index (χ3n) is 4.78. The van der Waals surface area contributed by atoms with Gasteiger partial charge in [-0.1, -0.05) is 13.0 Å². The van der Waals surface area contributed by atoms with Crippen molar-refractivity contribution < 1.29 is 23.5 Å². The third kappa shape index (κ3) is 5.25. The lowest BCUT2D eigenvalue weighted by atomic mass is 10.2. The number of carbonyl (C=O) groups is 2. The molecular formula is C22H29N3O5. The van der Waals surface area contributed by atoms with E-state index in [1.807, 2.05) is 44.2 Å². The number of hydrogen-bond acceptors (Lipinski definition) is 5. The van der Waals surface area contributed by atoms with Crippen LogP contribution in [0.5, 0.6) is 11.5 Å². The number of amides is 3. The average molecular weight is 415 g/mol. The molecule has 0 saturated heterocycles. The van der Waals surface area contributed by atoms with Gasteiger partial charge < -0.3 is 28.6 Å². The molecule has 1 aromatic carbocycles. The standard InChI is InChI=1S/C22H29N3O5/c1-5-10-24(22(27)23(3)4)14-21(26)25(13-18-8-6-16(2)30-18)12-17-7-9-19-20(11-17)29-15-28-19/h6-9,11H,5,10,12-15H2,1-4H3. The van der Waals surface area contributed by atoms with Crippen molar-refractivity contribution in [2.45, 2.75) is 33.4 Å². The summed E-state index contributed by atoms with van der Waals surface area (Å²) in [6, 6.07) is 9.20. The predicted molar refractivity (Wildman–Crippen MR) is 111 cm³/mol. The van der Waals surface area contributed by atoms with Crippen molar-refractivity contribution in [3.63, 3.8) is 0 Å². The number of benzene rings is 1. The molecule has 0 saturated carbocycles. The maximum atomic E-state index is 13.2. The van der Waals surface area contributed by atoms with Crippen molar-refractivity contribution in [1.29, 1.82) is 0 Å². The van der Waals surface area contributed by atoms with E-state index in [1.165, 1.54) is 4.90 Å². The summed E-state index contributed by atoms with van der Waals surface area (Å²) in [5, 5.41) is 0. The molecule has 0 unspecified atom stereocenters. The van der Waals surface area contributed by atoms with Crippen LogP contribution in [0.15, 0.2) is 34.7 Å². The Bertz CT molecular complexity index is 893. The predicted octanol–water partition coefficient (Wildman–Crippen LogP) is 3.24. The van der Waals surface area contributed by atoms with Gasteiger partial charge in [-0.3, -0.25) is 4.79 Å². The minimum Gasteiger partial charge on any atom is -0.464 e. The first-order valence-electron chi connectivity index (χ1n) is 10.0. The van der Waals surface area contributed by atoms with Crippen LogP contribution in [0.25, 0.3) is 0 Å². The third-order valence-corrected chi connectivity index (χ3v) is 4.78. The molecule has 0 bridgehead atoms. The highest BCUT2D eigenvalue weighted by Crippen LogP contribution is 2.33. The summed E-state index contributed by atoms with van der Waals surface area (Å²) < 4.78 is 16.5. The normalized spacial score (nSPS) is 12.0. The van der Waals surface area contributed by atoms with Crippen LogP contribution in [0.2, 0.25) is 0 Å². The number of aryl methyl sites for hydroxylation is 1. The van der Waals surface area contributed by atoms with E-state index in [0.717, 1.165) is 17.7 Å². The number of urea groups is 1. The van der Waals surface area contributed by atoms with E-state index >= 15 is 0 Å². The van der Waals surface area contributed by atoms with Crippen LogP contribution in [0.3, 0.4) is 0 Å². The van der Waals surface area contributed by atoms with E-state index in [1.54, 1.807) is 23.9 Å². The molecule has 2 aromatic rings. The maximum Gasteiger partial charge on any atom is 0.319 e. The van der Waals surface area contributed by atoms with E-state index in [0.29, 0.717) is 36.9 Å². The summed E-state index contributed by atoms with van der Waals surface area (Å²) in [5.41, 5.74) is 0.914. The molecule has 1 aliphatic rings. The van der Waals surface area contributed by atoms with Crippen LogP contribution < -0.4 is 9.47 Å². The largest absolute Gasteiger partial charge is 0.464 e. The molecule has 0 spiro atoms. The van der Waals surface area contributed by atoms with Crippen LogP contribution in [0.4, 0.5) is 4.79 Å². The molecule has 3 amide bonds. The van der Waals surface area contributed by atoms with Gasteiger partial charge >= 0.3 is 6.03 Å². The quantitative estimate of drug-likeness (QED) is 0.662. The Labute approximate surface area is 176 Å². The van der Waals surface area contributed by atoms with Gasteiger partial charge in [0.25, 0.3) is 0 Å². The molecule has 0 radical (unpaired) electrons. The minimum atomic E-state index is -0.179. The lowest BCUT2D eigenvalue weighted by molar-refractivity contribution is -0.133. The van der Waals surface area contributed by atoms with Crippen molar-refractivity contribution in [3.05, 3.63) is 47.4 Å². The van der Waals surface area contributed by atoms with Crippen molar-refractivity contribution in [2.24, 2.45) is 0 Å². The summed E-state index contributed by atoms with van der Waals surface area (Å²) in [6.45, 7) is 5.26. The van der Waals surface area contributed by atoms with E-state index in [9.17, 15) is 9.59 Å². The number of hydrogen-bond donors (Lipinski definition) is 0. The number of furan rings is 1. The Hall–Kier alpha value is -3.16. The Kier molecular flexibility index (Phi) is 6.87. The van der Waals surface area contributed by atoms with E-state index in [-0.39, 0.29) is 25.3 Å². The van der Waals surface area contributed by atoms with Crippen LogP contribution in [-0.4, -0.2) is 60.6 Å². The maximum absolute atomic E-state index is 13.2. The average Bonchev–Trinajstić information content (AvgIpc) is 3.34. The van der Waals surface area contributed by atoms with Crippen molar-refractivity contribution in [3.8, 4) is 11.5 Å². The van der Waals surface area contributed by atoms with Gasteiger partial charge in [-0.05, 0) is 43.2 Å². The highest BCUT2D eigenvalue weighted by Gasteiger charge is 2.24. The van der Waals surface area contributed by atoms with E-state index < -0.39 is 0 Å². The summed E-state index contributed by atoms with van der Waals surface area (Å²) in [5.74, 6) is 2.71. The number of ether oxygens (including phenoxy) is 2. The highest BCUT2D eigenvalue weighted by molar-refractivity contribution is 5.84. The van der Waals surface area contributed by atoms with Gasteiger partial charge in [0.05, 0.1) is 6.54 Å². The molecule has 1 aromatic heterocycles. The molecule has 0 atom stereocenters. The van der Waals surface area contributed by atoms with Gasteiger partial charge in [0.1, 0.15) is 18.1 Å². The second-order valence-electron chi connectivity index (χ2n) is 7.55. The number of fused-ring (bicyclic) bond motifs is 1. The molecule has 0 aliphatic carbocycles. The summed E-state index contributed by atoms with van der Waals surface area (Å²) in [4.78, 5) is 30.4. The lowest BCUT2D eigenvalue weighted by Gasteiger charge is -2.29. The fraction of sp³-hybridized carbons (Fsp3) is 0.455. The Morgan fingerprint density at radius 1 is 1.00 bits per heavy atom. The SMILES string of the molecule is CCCN(CC(=O)N(Cc1ccc2c(c1)OCO2)Cc1ccc(C)o1)C(=O)N(C)C. The molecule has 8 nitrogen and oxygen atoms in total. The molecule has 1 aliphatic heterocycles. The smallest absolute Gasteiger partial charge is 0.319 e. The topological polar surface area (TPSA) is 75.5 Å². The van der Waals surface area contributed by atoms with Crippen molar-refractivity contribution in [2.75, 3.05) is 34.0 Å². The Morgan fingerprint density at radius 3 is 2.43 bits per heavy atom. The van der Waals surface area contributed by atoms with E-state index in [4.69, 9.17) is 13.9 Å². The van der Waals surface area contributed by atoms with Crippen LogP contribution in [0.1, 0.15) is 30.4 Å². The second-order valence-corrected chi connectivity index (χ2v) is 7.55. The Balaban J connectivity index is 1.78. The lowest BCUT2D eigenvalue weighted by Crippen LogP contribution is -2.46. The zero-order valence-corrected chi connectivity index (χ0v) is 18.0. The first-order valence-corrected chi connectivity index (χ1v) is 10.0.